The number of nitrogens with zero attached hydrogens (tertiary/aromatic N) is 1. The fraction of sp³-hybridized carbons (Fsp3) is 0.545. The molecule has 4 nitrogen and oxygen atoms in total. The summed E-state index contributed by atoms with van der Waals surface area (Å²) in [6, 6.07) is 5.84. The van der Waals surface area contributed by atoms with Crippen molar-refractivity contribution in [1.29, 1.82) is 0 Å². The Balaban J connectivity index is 1.88. The average molecular weight is 239 g/mol. The number of ether oxygens (including phenoxy) is 1. The predicted molar refractivity (Wildman–Crippen MR) is 67.2 cm³/mol. The summed E-state index contributed by atoms with van der Waals surface area (Å²) >= 11 is 1.91. The summed E-state index contributed by atoms with van der Waals surface area (Å²) in [5.74, 6) is 6.95. The van der Waals surface area contributed by atoms with Gasteiger partial charge >= 0.3 is 0 Å². The monoisotopic (exact) mass is 239 g/mol. The molecule has 16 heavy (non-hydrogen) atoms. The van der Waals surface area contributed by atoms with Gasteiger partial charge in [-0.05, 0) is 25.5 Å². The third-order valence-corrected chi connectivity index (χ3v) is 4.22. The second kappa shape index (κ2) is 5.52. The van der Waals surface area contributed by atoms with Crippen molar-refractivity contribution in [3.8, 4) is 0 Å². The summed E-state index contributed by atoms with van der Waals surface area (Å²) in [6.07, 6.45) is 1.50. The summed E-state index contributed by atoms with van der Waals surface area (Å²) in [6.45, 7) is 3.02. The lowest BCUT2D eigenvalue weighted by molar-refractivity contribution is 0.127. The Morgan fingerprint density at radius 3 is 3.19 bits per heavy atom. The van der Waals surface area contributed by atoms with E-state index in [-0.39, 0.29) is 0 Å². The van der Waals surface area contributed by atoms with Gasteiger partial charge in [-0.1, -0.05) is 6.07 Å². The highest BCUT2D eigenvalue weighted by molar-refractivity contribution is 7.99. The van der Waals surface area contributed by atoms with Crippen LogP contribution in [0, 0.1) is 0 Å². The summed E-state index contributed by atoms with van der Waals surface area (Å²) < 4.78 is 5.53. The Morgan fingerprint density at radius 1 is 1.62 bits per heavy atom. The molecule has 88 valence electrons. The fourth-order valence-corrected chi connectivity index (χ4v) is 2.92. The van der Waals surface area contributed by atoms with Crippen molar-refractivity contribution in [3.05, 3.63) is 23.9 Å². The maximum absolute atomic E-state index is 5.53. The molecule has 2 heterocycles. The number of anilines is 1. The lowest BCUT2D eigenvalue weighted by Crippen LogP contribution is -2.14. The molecular weight excluding hydrogens is 222 g/mol. The van der Waals surface area contributed by atoms with Gasteiger partial charge in [-0.3, -0.25) is 0 Å². The van der Waals surface area contributed by atoms with Crippen LogP contribution in [0.3, 0.4) is 0 Å². The van der Waals surface area contributed by atoms with Crippen molar-refractivity contribution >= 4 is 17.6 Å². The summed E-state index contributed by atoms with van der Waals surface area (Å²) in [5, 5.41) is 0.594. The van der Waals surface area contributed by atoms with Gasteiger partial charge in [0.05, 0.1) is 11.8 Å². The highest BCUT2D eigenvalue weighted by Crippen LogP contribution is 2.28. The maximum atomic E-state index is 5.53. The molecule has 0 aliphatic carbocycles. The van der Waals surface area contributed by atoms with Gasteiger partial charge in [-0.25, -0.2) is 10.8 Å². The predicted octanol–water partition coefficient (Wildman–Crippen LogP) is 1.78. The number of nitrogens with two attached hydrogens (primary N) is 1. The smallest absolute Gasteiger partial charge is 0.140 e. The van der Waals surface area contributed by atoms with E-state index < -0.39 is 0 Å². The summed E-state index contributed by atoms with van der Waals surface area (Å²) in [7, 11) is 0. The van der Waals surface area contributed by atoms with Crippen LogP contribution in [-0.2, 0) is 10.5 Å². The van der Waals surface area contributed by atoms with Crippen LogP contribution in [0.1, 0.15) is 19.0 Å². The third-order valence-electron chi connectivity index (χ3n) is 2.71. The standard InChI is InChI=1S/C11H17N3OS/c1-8-10(5-6-15-8)16-7-9-3-2-4-11(13-9)14-12/h2-4,8,10H,5-7,12H2,1H3,(H,13,14). The number of thioether (sulfide) groups is 1. The molecule has 0 aromatic carbocycles. The van der Waals surface area contributed by atoms with Gasteiger partial charge in [-0.15, -0.1) is 11.8 Å². The van der Waals surface area contributed by atoms with E-state index in [4.69, 9.17) is 10.6 Å². The normalized spacial score (nSPS) is 24.6. The van der Waals surface area contributed by atoms with Crippen molar-refractivity contribution in [2.24, 2.45) is 5.84 Å². The second-order valence-corrected chi connectivity index (χ2v) is 5.10. The van der Waals surface area contributed by atoms with E-state index in [0.29, 0.717) is 17.2 Å². The van der Waals surface area contributed by atoms with Crippen LogP contribution in [0.25, 0.3) is 0 Å². The van der Waals surface area contributed by atoms with Gasteiger partial charge < -0.3 is 10.2 Å². The Kier molecular flexibility index (Phi) is 4.04. The quantitative estimate of drug-likeness (QED) is 0.619. The molecule has 0 saturated carbocycles. The number of rotatable bonds is 4. The van der Waals surface area contributed by atoms with Crippen molar-refractivity contribution < 1.29 is 4.74 Å². The topological polar surface area (TPSA) is 60.2 Å². The molecular formula is C11H17N3OS. The van der Waals surface area contributed by atoms with Gasteiger partial charge in [0.25, 0.3) is 0 Å². The van der Waals surface area contributed by atoms with Crippen LogP contribution in [0.15, 0.2) is 18.2 Å². The molecule has 2 unspecified atom stereocenters. The summed E-state index contributed by atoms with van der Waals surface area (Å²) in [4.78, 5) is 4.38. The minimum Gasteiger partial charge on any atom is -0.377 e. The van der Waals surface area contributed by atoms with Crippen molar-refractivity contribution in [2.75, 3.05) is 12.0 Å². The molecule has 5 heteroatoms. The molecule has 1 aromatic rings. The summed E-state index contributed by atoms with van der Waals surface area (Å²) in [5.41, 5.74) is 3.61. The van der Waals surface area contributed by atoms with Gasteiger partial charge in [0, 0.05) is 17.6 Å². The molecule has 1 fully saturated rings. The highest BCUT2D eigenvalue weighted by atomic mass is 32.2. The largest absolute Gasteiger partial charge is 0.377 e. The van der Waals surface area contributed by atoms with Crippen LogP contribution >= 0.6 is 11.8 Å². The van der Waals surface area contributed by atoms with Crippen molar-refractivity contribution in [1.82, 2.24) is 4.98 Å². The number of hydrogen-bond donors (Lipinski definition) is 2. The first-order valence-electron chi connectivity index (χ1n) is 5.45. The van der Waals surface area contributed by atoms with E-state index in [0.717, 1.165) is 24.5 Å². The van der Waals surface area contributed by atoms with Crippen molar-refractivity contribution in [2.45, 2.75) is 30.5 Å². The molecule has 0 bridgehead atoms. The zero-order valence-electron chi connectivity index (χ0n) is 9.35. The minimum absolute atomic E-state index is 0.362. The van der Waals surface area contributed by atoms with Gasteiger partial charge in [0.15, 0.2) is 0 Å². The average Bonchev–Trinajstić information content (AvgIpc) is 2.72. The fourth-order valence-electron chi connectivity index (χ4n) is 1.76. The molecule has 3 N–H and O–H groups in total. The van der Waals surface area contributed by atoms with E-state index in [1.807, 2.05) is 30.0 Å². The molecule has 1 aliphatic rings. The molecule has 1 aromatic heterocycles. The molecule has 2 rings (SSSR count). The van der Waals surface area contributed by atoms with Crippen molar-refractivity contribution in [3.63, 3.8) is 0 Å². The van der Waals surface area contributed by atoms with E-state index in [9.17, 15) is 0 Å². The molecule has 1 aliphatic heterocycles. The Morgan fingerprint density at radius 2 is 2.50 bits per heavy atom. The zero-order valence-corrected chi connectivity index (χ0v) is 10.2. The lowest BCUT2D eigenvalue weighted by atomic mass is 10.3. The van der Waals surface area contributed by atoms with Gasteiger partial charge in [0.1, 0.15) is 5.82 Å². The van der Waals surface area contributed by atoms with E-state index in [1.165, 1.54) is 0 Å². The molecule has 1 saturated heterocycles. The Hall–Kier alpha value is -0.780. The number of hydrogen-bond acceptors (Lipinski definition) is 5. The number of aromatic nitrogens is 1. The highest BCUT2D eigenvalue weighted by Gasteiger charge is 2.24. The maximum Gasteiger partial charge on any atom is 0.140 e. The lowest BCUT2D eigenvalue weighted by Gasteiger charge is -2.13. The first kappa shape index (κ1) is 11.7. The molecule has 0 spiro atoms. The van der Waals surface area contributed by atoms with E-state index in [2.05, 4.69) is 17.3 Å². The zero-order chi connectivity index (χ0) is 11.4. The molecule has 0 amide bonds. The molecule has 2 atom stereocenters. The first-order chi connectivity index (χ1) is 7.79. The van der Waals surface area contributed by atoms with E-state index >= 15 is 0 Å². The Bertz CT molecular complexity index is 348. The van der Waals surface area contributed by atoms with Gasteiger partial charge in [0.2, 0.25) is 0 Å². The van der Waals surface area contributed by atoms with Crippen LogP contribution in [0.5, 0.6) is 0 Å². The number of pyridine rings is 1. The van der Waals surface area contributed by atoms with Crippen LogP contribution in [0.2, 0.25) is 0 Å². The Labute approximate surface area is 99.9 Å². The second-order valence-electron chi connectivity index (χ2n) is 3.87. The third kappa shape index (κ3) is 2.87. The van der Waals surface area contributed by atoms with Crippen LogP contribution in [-0.4, -0.2) is 22.9 Å². The number of nitrogens with one attached hydrogen (secondary N) is 1. The van der Waals surface area contributed by atoms with Crippen LogP contribution < -0.4 is 11.3 Å². The first-order valence-corrected chi connectivity index (χ1v) is 6.50. The number of hydrazine groups is 1. The van der Waals surface area contributed by atoms with Crippen LogP contribution in [0.4, 0.5) is 5.82 Å². The SMILES string of the molecule is CC1OCCC1SCc1cccc(NN)n1. The number of nitrogen functional groups attached to an aromatic ring is 1. The molecule has 0 radical (unpaired) electrons. The van der Waals surface area contributed by atoms with Gasteiger partial charge in [-0.2, -0.15) is 0 Å². The minimum atomic E-state index is 0.362. The van der Waals surface area contributed by atoms with E-state index in [1.54, 1.807) is 0 Å².